The van der Waals surface area contributed by atoms with Crippen LogP contribution in [0, 0.1) is 0 Å². The lowest BCUT2D eigenvalue weighted by atomic mass is 10.1. The van der Waals surface area contributed by atoms with Gasteiger partial charge in [0.25, 0.3) is 5.56 Å². The van der Waals surface area contributed by atoms with Crippen LogP contribution in [-0.2, 0) is 4.74 Å². The predicted octanol–water partition coefficient (Wildman–Crippen LogP) is -0.947. The highest BCUT2D eigenvalue weighted by Gasteiger charge is 2.46. The summed E-state index contributed by atoms with van der Waals surface area (Å²) < 4.78 is 20.4. The van der Waals surface area contributed by atoms with Crippen LogP contribution in [0.1, 0.15) is 6.23 Å². The standard InChI is InChI=1S/C10H11BrFN5O4/c11-9-14-4-6(15-10(13)16-7(4)20)17(9)8-5(19)3(12)2(1-18)21-8/h2-3,5,8,18-19H,1H2,(H3,13,15,16,20). The van der Waals surface area contributed by atoms with Crippen LogP contribution < -0.4 is 11.3 Å². The van der Waals surface area contributed by atoms with E-state index in [9.17, 15) is 14.3 Å². The van der Waals surface area contributed by atoms with Crippen LogP contribution in [0.4, 0.5) is 10.3 Å². The summed E-state index contributed by atoms with van der Waals surface area (Å²) in [5.74, 6) is -0.149. The fourth-order valence-corrected chi connectivity index (χ4v) is 2.82. The van der Waals surface area contributed by atoms with Gasteiger partial charge in [-0.3, -0.25) is 14.3 Å². The van der Waals surface area contributed by atoms with E-state index in [4.69, 9.17) is 15.6 Å². The van der Waals surface area contributed by atoms with Crippen LogP contribution in [-0.4, -0.2) is 54.7 Å². The van der Waals surface area contributed by atoms with Gasteiger partial charge >= 0.3 is 0 Å². The Morgan fingerprint density at radius 1 is 1.52 bits per heavy atom. The number of hydrogen-bond acceptors (Lipinski definition) is 7. The molecule has 1 aliphatic heterocycles. The third kappa shape index (κ3) is 2.12. The summed E-state index contributed by atoms with van der Waals surface area (Å²) in [6, 6.07) is 0. The monoisotopic (exact) mass is 363 g/mol. The topological polar surface area (TPSA) is 139 Å². The molecule has 11 heteroatoms. The van der Waals surface area contributed by atoms with Gasteiger partial charge < -0.3 is 20.7 Å². The number of H-pyrrole nitrogens is 1. The molecule has 4 unspecified atom stereocenters. The first kappa shape index (κ1) is 14.4. The molecule has 0 radical (unpaired) electrons. The van der Waals surface area contributed by atoms with E-state index < -0.39 is 36.8 Å². The number of nitrogens with two attached hydrogens (primary N) is 1. The molecule has 3 rings (SSSR count). The molecule has 0 saturated carbocycles. The summed E-state index contributed by atoms with van der Waals surface area (Å²) in [5.41, 5.74) is 4.91. The average molecular weight is 364 g/mol. The molecule has 0 bridgehead atoms. The minimum absolute atomic E-state index is 0.0327. The first-order chi connectivity index (χ1) is 9.93. The number of anilines is 1. The SMILES string of the molecule is Nc1nc2c(nc(Br)n2C2OC(CO)C(F)C2O)c(=O)[nH]1. The van der Waals surface area contributed by atoms with E-state index in [1.54, 1.807) is 0 Å². The number of aromatic nitrogens is 4. The van der Waals surface area contributed by atoms with Crippen molar-refractivity contribution in [2.24, 2.45) is 0 Å². The van der Waals surface area contributed by atoms with E-state index in [-0.39, 0.29) is 21.8 Å². The summed E-state index contributed by atoms with van der Waals surface area (Å²) in [5, 5.41) is 19.0. The molecule has 0 aromatic carbocycles. The van der Waals surface area contributed by atoms with Crippen LogP contribution in [0.25, 0.3) is 11.2 Å². The van der Waals surface area contributed by atoms with Gasteiger partial charge in [-0.05, 0) is 15.9 Å². The highest BCUT2D eigenvalue weighted by atomic mass is 79.9. The van der Waals surface area contributed by atoms with Gasteiger partial charge in [-0.25, -0.2) is 9.37 Å². The lowest BCUT2D eigenvalue weighted by Crippen LogP contribution is -2.29. The number of aromatic amines is 1. The summed E-state index contributed by atoms with van der Waals surface area (Å²) >= 11 is 3.11. The Morgan fingerprint density at radius 2 is 2.24 bits per heavy atom. The van der Waals surface area contributed by atoms with E-state index in [0.29, 0.717) is 0 Å². The van der Waals surface area contributed by atoms with Gasteiger partial charge in [0.05, 0.1) is 6.61 Å². The molecule has 114 valence electrons. The average Bonchev–Trinajstić information content (AvgIpc) is 2.89. The third-order valence-corrected chi connectivity index (χ3v) is 3.81. The Morgan fingerprint density at radius 3 is 2.86 bits per heavy atom. The van der Waals surface area contributed by atoms with Crippen molar-refractivity contribution in [3.8, 4) is 0 Å². The number of alkyl halides is 1. The number of aliphatic hydroxyl groups excluding tert-OH is 2. The minimum Gasteiger partial charge on any atom is -0.394 e. The van der Waals surface area contributed by atoms with Gasteiger partial charge in [-0.15, -0.1) is 0 Å². The molecule has 4 atom stereocenters. The number of nitrogens with zero attached hydrogens (tertiary/aromatic N) is 3. The zero-order chi connectivity index (χ0) is 15.3. The molecule has 0 spiro atoms. The molecule has 2 aromatic heterocycles. The van der Waals surface area contributed by atoms with Crippen molar-refractivity contribution in [2.45, 2.75) is 24.6 Å². The molecule has 0 amide bonds. The number of nitrogens with one attached hydrogen (secondary N) is 1. The maximum Gasteiger partial charge on any atom is 0.280 e. The summed E-state index contributed by atoms with van der Waals surface area (Å²) in [4.78, 5) is 21.9. The van der Waals surface area contributed by atoms with Crippen molar-refractivity contribution >= 4 is 33.0 Å². The molecular formula is C10H11BrFN5O4. The molecule has 1 saturated heterocycles. The highest BCUT2D eigenvalue weighted by molar-refractivity contribution is 9.10. The zero-order valence-electron chi connectivity index (χ0n) is 10.4. The molecule has 2 aromatic rings. The van der Waals surface area contributed by atoms with E-state index >= 15 is 0 Å². The van der Waals surface area contributed by atoms with Gasteiger partial charge in [-0.1, -0.05) is 0 Å². The highest BCUT2D eigenvalue weighted by Crippen LogP contribution is 2.35. The number of halogens is 2. The number of aliphatic hydroxyl groups is 2. The Hall–Kier alpha value is -1.56. The molecule has 3 heterocycles. The Kier molecular flexibility index (Phi) is 3.43. The van der Waals surface area contributed by atoms with Gasteiger partial charge in [0, 0.05) is 0 Å². The number of rotatable bonds is 2. The van der Waals surface area contributed by atoms with Crippen LogP contribution >= 0.6 is 15.9 Å². The number of hydrogen-bond donors (Lipinski definition) is 4. The fraction of sp³-hybridized carbons (Fsp3) is 0.500. The maximum atomic E-state index is 13.8. The van der Waals surface area contributed by atoms with Gasteiger partial charge in [0.2, 0.25) is 5.95 Å². The number of imidazole rings is 1. The van der Waals surface area contributed by atoms with E-state index in [1.165, 1.54) is 4.57 Å². The van der Waals surface area contributed by atoms with Crippen molar-refractivity contribution in [3.63, 3.8) is 0 Å². The van der Waals surface area contributed by atoms with Gasteiger partial charge in [-0.2, -0.15) is 4.98 Å². The second-order valence-electron chi connectivity index (χ2n) is 4.56. The van der Waals surface area contributed by atoms with Crippen molar-refractivity contribution in [1.29, 1.82) is 0 Å². The molecule has 5 N–H and O–H groups in total. The van der Waals surface area contributed by atoms with Crippen LogP contribution in [0.2, 0.25) is 0 Å². The van der Waals surface area contributed by atoms with E-state index in [2.05, 4.69) is 30.9 Å². The van der Waals surface area contributed by atoms with Crippen molar-refractivity contribution in [1.82, 2.24) is 19.5 Å². The van der Waals surface area contributed by atoms with E-state index in [0.717, 1.165) is 0 Å². The third-order valence-electron chi connectivity index (χ3n) is 3.25. The van der Waals surface area contributed by atoms with Crippen molar-refractivity contribution in [2.75, 3.05) is 12.3 Å². The number of ether oxygens (including phenoxy) is 1. The zero-order valence-corrected chi connectivity index (χ0v) is 12.0. The van der Waals surface area contributed by atoms with Crippen LogP contribution in [0.3, 0.4) is 0 Å². The summed E-state index contributed by atoms with van der Waals surface area (Å²) in [7, 11) is 0. The smallest absolute Gasteiger partial charge is 0.280 e. The normalized spacial score (nSPS) is 29.3. The Labute approximate surface area is 124 Å². The lowest BCUT2D eigenvalue weighted by Gasteiger charge is -2.17. The predicted molar refractivity (Wildman–Crippen MR) is 72.2 cm³/mol. The number of fused-ring (bicyclic) bond motifs is 1. The second kappa shape index (κ2) is 5.02. The second-order valence-corrected chi connectivity index (χ2v) is 5.27. The van der Waals surface area contributed by atoms with Crippen LogP contribution in [0.15, 0.2) is 9.53 Å². The molecule has 0 aliphatic carbocycles. The Balaban J connectivity index is 2.17. The molecule has 1 fully saturated rings. The fourth-order valence-electron chi connectivity index (χ4n) is 2.27. The summed E-state index contributed by atoms with van der Waals surface area (Å²) in [6.07, 6.45) is -5.68. The Bertz CT molecular complexity index is 749. The molecule has 21 heavy (non-hydrogen) atoms. The first-order valence-corrected chi connectivity index (χ1v) is 6.75. The van der Waals surface area contributed by atoms with Gasteiger partial charge in [0.1, 0.15) is 12.2 Å². The lowest BCUT2D eigenvalue weighted by molar-refractivity contribution is -0.0506. The maximum absolute atomic E-state index is 13.8. The van der Waals surface area contributed by atoms with Crippen molar-refractivity contribution in [3.05, 3.63) is 15.1 Å². The quantitative estimate of drug-likeness (QED) is 0.504. The molecule has 9 nitrogen and oxygen atoms in total. The largest absolute Gasteiger partial charge is 0.394 e. The number of nitrogen functional groups attached to an aromatic ring is 1. The summed E-state index contributed by atoms with van der Waals surface area (Å²) in [6.45, 7) is -0.588. The minimum atomic E-state index is -1.77. The molecule has 1 aliphatic rings. The van der Waals surface area contributed by atoms with E-state index in [1.807, 2.05) is 0 Å². The first-order valence-electron chi connectivity index (χ1n) is 5.95. The van der Waals surface area contributed by atoms with Crippen LogP contribution in [0.5, 0.6) is 0 Å². The van der Waals surface area contributed by atoms with Gasteiger partial charge in [0.15, 0.2) is 28.3 Å². The van der Waals surface area contributed by atoms with Crippen molar-refractivity contribution < 1.29 is 19.3 Å². The molecular weight excluding hydrogens is 353 g/mol.